The number of amides is 1. The molecule has 0 fully saturated rings. The minimum atomic E-state index is -2.06. The summed E-state index contributed by atoms with van der Waals surface area (Å²) >= 11 is 0. The van der Waals surface area contributed by atoms with E-state index < -0.39 is 17.6 Å². The van der Waals surface area contributed by atoms with Crippen molar-refractivity contribution in [2.24, 2.45) is 5.73 Å². The first kappa shape index (κ1) is 31.2. The van der Waals surface area contributed by atoms with Gasteiger partial charge in [0, 0.05) is 30.3 Å². The predicted octanol–water partition coefficient (Wildman–Crippen LogP) is 4.16. The number of phenolic OH excluding ortho intramolecular Hbond substituents is 2. The van der Waals surface area contributed by atoms with Crippen LogP contribution in [-0.2, 0) is 33.1 Å². The Bertz CT molecular complexity index is 1630. The lowest BCUT2D eigenvalue weighted by Crippen LogP contribution is -2.53. The molecule has 0 aromatic heterocycles. The Morgan fingerprint density at radius 3 is 2.25 bits per heavy atom. The molecule has 7 N–H and O–H groups in total. The average molecular weight is 599 g/mol. The number of rotatable bonds is 13. The molecule has 1 amide bonds. The number of hydrogen-bond donors (Lipinski definition) is 6. The zero-order valence-electron chi connectivity index (χ0n) is 24.3. The molecule has 0 aliphatic carbocycles. The number of hydrogen-bond acceptors (Lipinski definition) is 9. The molecule has 0 aliphatic heterocycles. The van der Waals surface area contributed by atoms with E-state index in [1.807, 2.05) is 30.3 Å². The maximum absolute atomic E-state index is 14.0. The summed E-state index contributed by atoms with van der Waals surface area (Å²) in [6, 6.07) is 25.1. The number of nitrogen functional groups attached to an aromatic ring is 1. The van der Waals surface area contributed by atoms with E-state index >= 15 is 0 Å². The van der Waals surface area contributed by atoms with Gasteiger partial charge in [-0.15, -0.1) is 0 Å². The molecule has 11 nitrogen and oxygen atoms in total. The number of aromatic hydroxyl groups is 2. The van der Waals surface area contributed by atoms with Gasteiger partial charge in [-0.05, 0) is 72.1 Å². The zero-order chi connectivity index (χ0) is 31.7. The zero-order valence-corrected chi connectivity index (χ0v) is 24.3. The van der Waals surface area contributed by atoms with Gasteiger partial charge in [0.15, 0.2) is 23.0 Å². The molecule has 11 heteroatoms. The van der Waals surface area contributed by atoms with Gasteiger partial charge in [-0.3, -0.25) is 15.0 Å². The largest absolute Gasteiger partial charge is 0.504 e. The van der Waals surface area contributed by atoms with Gasteiger partial charge in [0.25, 0.3) is 11.6 Å². The number of anilines is 1. The van der Waals surface area contributed by atoms with E-state index in [0.29, 0.717) is 34.7 Å². The average Bonchev–Trinajstić information content (AvgIpc) is 3.01. The molecule has 0 bridgehead atoms. The second-order valence-electron chi connectivity index (χ2n) is 9.86. The molecule has 0 radical (unpaired) electrons. The Kier molecular flexibility index (Phi) is 9.92. The minimum absolute atomic E-state index is 0.104. The third-order valence-corrected chi connectivity index (χ3v) is 6.68. The van der Waals surface area contributed by atoms with Gasteiger partial charge in [-0.1, -0.05) is 36.4 Å². The van der Waals surface area contributed by atoms with E-state index in [1.165, 1.54) is 26.2 Å². The van der Waals surface area contributed by atoms with E-state index in [2.05, 4.69) is 10.6 Å². The van der Waals surface area contributed by atoms with Crippen molar-refractivity contribution >= 4 is 23.4 Å². The predicted molar refractivity (Wildman–Crippen MR) is 165 cm³/mol. The van der Waals surface area contributed by atoms with Crippen LogP contribution >= 0.6 is 0 Å². The maximum Gasteiger partial charge on any atom is 0.305 e. The quantitative estimate of drug-likeness (QED) is 0.0434. The van der Waals surface area contributed by atoms with Crippen LogP contribution in [0.5, 0.6) is 23.0 Å². The highest BCUT2D eigenvalue weighted by Crippen LogP contribution is 2.36. The van der Waals surface area contributed by atoms with Gasteiger partial charge in [0.05, 0.1) is 7.11 Å². The molecule has 4 aromatic rings. The van der Waals surface area contributed by atoms with Crippen molar-refractivity contribution in [2.45, 2.75) is 25.7 Å². The summed E-state index contributed by atoms with van der Waals surface area (Å²) in [6.45, 7) is 1.57. The minimum Gasteiger partial charge on any atom is -0.504 e. The van der Waals surface area contributed by atoms with Gasteiger partial charge in [-0.2, -0.15) is 0 Å². The van der Waals surface area contributed by atoms with Crippen molar-refractivity contribution in [3.05, 3.63) is 113 Å². The molecule has 0 unspecified atom stereocenters. The Morgan fingerprint density at radius 2 is 1.61 bits per heavy atom. The van der Waals surface area contributed by atoms with Gasteiger partial charge < -0.3 is 40.8 Å². The lowest BCUT2D eigenvalue weighted by atomic mass is 9.99. The first-order valence-corrected chi connectivity index (χ1v) is 13.7. The highest BCUT2D eigenvalue weighted by Gasteiger charge is 2.45. The first-order valence-electron chi connectivity index (χ1n) is 13.7. The summed E-state index contributed by atoms with van der Waals surface area (Å²) in [6.07, 6.45) is 0.304. The van der Waals surface area contributed by atoms with Gasteiger partial charge in [0.2, 0.25) is 0 Å². The first-order chi connectivity index (χ1) is 21.1. The SMILES string of the molecule is COc1cc([C@](Nc2ccc(C(=N)N)cc2)(OC(C)=O)C(=O)NCCc2ccc(O)c(O)c2)ccc1OCc1ccccc1. The molecule has 0 saturated carbocycles. The summed E-state index contributed by atoms with van der Waals surface area (Å²) in [5, 5.41) is 33.0. The fourth-order valence-electron chi connectivity index (χ4n) is 4.45. The van der Waals surface area contributed by atoms with E-state index in [4.69, 9.17) is 25.4 Å². The second kappa shape index (κ2) is 14.0. The summed E-state index contributed by atoms with van der Waals surface area (Å²) < 4.78 is 17.4. The number of ether oxygens (including phenoxy) is 3. The van der Waals surface area contributed by atoms with Gasteiger partial charge in [0.1, 0.15) is 12.4 Å². The van der Waals surface area contributed by atoms with Crippen LogP contribution in [0, 0.1) is 5.41 Å². The molecule has 0 spiro atoms. The highest BCUT2D eigenvalue weighted by molar-refractivity contribution is 5.95. The fourth-order valence-corrected chi connectivity index (χ4v) is 4.45. The summed E-state index contributed by atoms with van der Waals surface area (Å²) in [5.74, 6) is -1.37. The molecule has 0 aliphatic rings. The molecule has 228 valence electrons. The van der Waals surface area contributed by atoms with Crippen LogP contribution in [0.1, 0.15) is 29.2 Å². The van der Waals surface area contributed by atoms with Crippen LogP contribution in [0.3, 0.4) is 0 Å². The lowest BCUT2D eigenvalue weighted by Gasteiger charge is -2.34. The fraction of sp³-hybridized carbons (Fsp3) is 0.182. The van der Waals surface area contributed by atoms with Crippen LogP contribution in [0.4, 0.5) is 5.69 Å². The Balaban J connectivity index is 1.69. The Morgan fingerprint density at radius 1 is 0.886 bits per heavy atom. The Labute approximate surface area is 254 Å². The Hall–Kier alpha value is -5.71. The number of nitrogens with two attached hydrogens (primary N) is 1. The van der Waals surface area contributed by atoms with Crippen LogP contribution < -0.4 is 25.8 Å². The second-order valence-corrected chi connectivity index (χ2v) is 9.86. The summed E-state index contributed by atoms with van der Waals surface area (Å²) in [7, 11) is 1.46. The molecule has 1 atom stereocenters. The smallest absolute Gasteiger partial charge is 0.305 e. The number of amidine groups is 1. The van der Waals surface area contributed by atoms with Crippen molar-refractivity contribution in [2.75, 3.05) is 19.0 Å². The van der Waals surface area contributed by atoms with Crippen LogP contribution in [-0.4, -0.2) is 41.6 Å². The van der Waals surface area contributed by atoms with Crippen molar-refractivity contribution in [1.82, 2.24) is 5.32 Å². The maximum atomic E-state index is 14.0. The van der Waals surface area contributed by atoms with Crippen LogP contribution in [0.2, 0.25) is 0 Å². The molecule has 0 heterocycles. The van der Waals surface area contributed by atoms with Crippen molar-refractivity contribution in [1.29, 1.82) is 5.41 Å². The van der Waals surface area contributed by atoms with Gasteiger partial charge in [-0.25, -0.2) is 0 Å². The third kappa shape index (κ3) is 7.57. The molecule has 4 rings (SSSR count). The number of methoxy groups -OCH3 is 1. The van der Waals surface area contributed by atoms with E-state index in [1.54, 1.807) is 48.5 Å². The summed E-state index contributed by atoms with van der Waals surface area (Å²) in [5.41, 5.74) is 6.26. The monoisotopic (exact) mass is 598 g/mol. The van der Waals surface area contributed by atoms with Crippen LogP contribution in [0.25, 0.3) is 0 Å². The molecule has 4 aromatic carbocycles. The number of phenols is 2. The standard InChI is InChI=1S/C33H34N4O7/c1-21(38)44-33(37-26-12-9-24(10-13-26)31(34)35,32(41)36-17-16-22-8-14-27(39)28(40)18-22)25-11-15-29(30(19-25)42-2)43-20-23-6-4-3-5-7-23/h3-15,18-19,37,39-40H,16-17,20H2,1-2H3,(H3,34,35)(H,36,41)/t33-/m0/s1. The normalized spacial score (nSPS) is 12.0. The number of esters is 1. The number of carbonyl (C=O) groups excluding carboxylic acids is 2. The highest BCUT2D eigenvalue weighted by atomic mass is 16.6. The molecular weight excluding hydrogens is 564 g/mol. The van der Waals surface area contributed by atoms with Crippen LogP contribution in [0.15, 0.2) is 91.0 Å². The van der Waals surface area contributed by atoms with Gasteiger partial charge >= 0.3 is 5.97 Å². The lowest BCUT2D eigenvalue weighted by molar-refractivity contribution is -0.165. The molecular formula is C33H34N4O7. The third-order valence-electron chi connectivity index (χ3n) is 6.68. The van der Waals surface area contributed by atoms with Crippen molar-refractivity contribution in [3.8, 4) is 23.0 Å². The number of nitrogens with one attached hydrogen (secondary N) is 3. The summed E-state index contributed by atoms with van der Waals surface area (Å²) in [4.78, 5) is 26.5. The van der Waals surface area contributed by atoms with E-state index in [0.717, 1.165) is 5.56 Å². The van der Waals surface area contributed by atoms with Crippen molar-refractivity contribution < 1.29 is 34.0 Å². The topological polar surface area (TPSA) is 176 Å². The van der Waals surface area contributed by atoms with E-state index in [9.17, 15) is 19.8 Å². The molecule has 0 saturated heterocycles. The van der Waals surface area contributed by atoms with Crippen molar-refractivity contribution in [3.63, 3.8) is 0 Å². The van der Waals surface area contributed by atoms with E-state index in [-0.39, 0.29) is 36.0 Å². The number of benzene rings is 4. The molecule has 44 heavy (non-hydrogen) atoms. The number of carbonyl (C=O) groups is 2.